The van der Waals surface area contributed by atoms with Crippen LogP contribution >= 0.6 is 0 Å². The Bertz CT molecular complexity index is 323. The summed E-state index contributed by atoms with van der Waals surface area (Å²) in [6, 6.07) is 0. The van der Waals surface area contributed by atoms with E-state index in [0.717, 1.165) is 25.7 Å². The predicted octanol–water partition coefficient (Wildman–Crippen LogP) is 1.16. The van der Waals surface area contributed by atoms with E-state index in [-0.39, 0.29) is 18.4 Å². The summed E-state index contributed by atoms with van der Waals surface area (Å²) in [6.45, 7) is 5.22. The molecule has 1 amide bonds. The van der Waals surface area contributed by atoms with Gasteiger partial charge < -0.3 is 15.4 Å². The number of carbonyl (C=O) groups excluding carboxylic acids is 2. The van der Waals surface area contributed by atoms with E-state index in [1.165, 1.54) is 7.11 Å². The van der Waals surface area contributed by atoms with Gasteiger partial charge >= 0.3 is 5.97 Å². The number of hydrogen-bond acceptors (Lipinski definition) is 4. The monoisotopic (exact) mass is 270 g/mol. The average molecular weight is 270 g/mol. The van der Waals surface area contributed by atoms with E-state index in [1.54, 1.807) is 4.90 Å². The lowest BCUT2D eigenvalue weighted by Gasteiger charge is -2.29. The fraction of sp³-hybridized carbons (Fsp3) is 0.857. The third kappa shape index (κ3) is 3.93. The summed E-state index contributed by atoms with van der Waals surface area (Å²) < 4.78 is 4.68. The third-order valence-electron chi connectivity index (χ3n) is 4.17. The number of esters is 1. The maximum absolute atomic E-state index is 12.5. The van der Waals surface area contributed by atoms with Crippen LogP contribution in [-0.4, -0.2) is 43.5 Å². The molecule has 0 radical (unpaired) electrons. The highest BCUT2D eigenvalue weighted by atomic mass is 16.5. The molecule has 0 unspecified atom stereocenters. The van der Waals surface area contributed by atoms with E-state index < -0.39 is 5.41 Å². The minimum Gasteiger partial charge on any atom is -0.468 e. The van der Waals surface area contributed by atoms with Gasteiger partial charge in [0, 0.05) is 13.1 Å². The van der Waals surface area contributed by atoms with E-state index in [9.17, 15) is 9.59 Å². The number of ether oxygens (including phenoxy) is 1. The summed E-state index contributed by atoms with van der Waals surface area (Å²) in [5.74, 6) is 0.0709. The standard InChI is InChI=1S/C14H26N2O3/c1-4-11(5-2)8-16(9-12(17)19-3)13(18)14(10-15)6-7-14/h11H,4-10,15H2,1-3H3. The molecule has 19 heavy (non-hydrogen) atoms. The van der Waals surface area contributed by atoms with Gasteiger partial charge in [0.15, 0.2) is 0 Å². The molecule has 0 spiro atoms. The normalized spacial score (nSPS) is 16.3. The first-order valence-electron chi connectivity index (χ1n) is 7.09. The molecule has 1 rings (SSSR count). The molecule has 5 nitrogen and oxygen atoms in total. The van der Waals surface area contributed by atoms with Crippen LogP contribution in [0.3, 0.4) is 0 Å². The van der Waals surface area contributed by atoms with Crippen molar-refractivity contribution in [1.82, 2.24) is 4.90 Å². The molecule has 0 aliphatic heterocycles. The molecular weight excluding hydrogens is 244 g/mol. The fourth-order valence-corrected chi connectivity index (χ4v) is 2.29. The van der Waals surface area contributed by atoms with Crippen LogP contribution < -0.4 is 5.73 Å². The van der Waals surface area contributed by atoms with Crippen LogP contribution in [0.5, 0.6) is 0 Å². The first-order chi connectivity index (χ1) is 9.02. The van der Waals surface area contributed by atoms with Crippen molar-refractivity contribution in [3.8, 4) is 0 Å². The topological polar surface area (TPSA) is 72.6 Å². The zero-order valence-electron chi connectivity index (χ0n) is 12.3. The van der Waals surface area contributed by atoms with Crippen LogP contribution in [0.25, 0.3) is 0 Å². The molecule has 110 valence electrons. The van der Waals surface area contributed by atoms with Crippen molar-refractivity contribution in [2.75, 3.05) is 26.7 Å². The van der Waals surface area contributed by atoms with Gasteiger partial charge in [-0.25, -0.2) is 0 Å². The van der Waals surface area contributed by atoms with Crippen molar-refractivity contribution >= 4 is 11.9 Å². The van der Waals surface area contributed by atoms with Gasteiger partial charge in [0.25, 0.3) is 0 Å². The van der Waals surface area contributed by atoms with Gasteiger partial charge in [0.05, 0.1) is 12.5 Å². The summed E-state index contributed by atoms with van der Waals surface area (Å²) in [7, 11) is 1.35. The Kier molecular flexibility index (Phi) is 5.79. The number of methoxy groups -OCH3 is 1. The van der Waals surface area contributed by atoms with Gasteiger partial charge in [-0.15, -0.1) is 0 Å². The summed E-state index contributed by atoms with van der Waals surface area (Å²) in [6.07, 6.45) is 3.67. The Morgan fingerprint density at radius 3 is 2.26 bits per heavy atom. The van der Waals surface area contributed by atoms with E-state index in [2.05, 4.69) is 18.6 Å². The smallest absolute Gasteiger partial charge is 0.325 e. The van der Waals surface area contributed by atoms with Gasteiger partial charge in [-0.2, -0.15) is 0 Å². The van der Waals surface area contributed by atoms with Gasteiger partial charge in [-0.05, 0) is 18.8 Å². The number of hydrogen-bond donors (Lipinski definition) is 1. The largest absolute Gasteiger partial charge is 0.468 e. The van der Waals surface area contributed by atoms with Gasteiger partial charge in [-0.1, -0.05) is 26.7 Å². The molecule has 0 bridgehead atoms. The lowest BCUT2D eigenvalue weighted by molar-refractivity contribution is -0.149. The molecule has 2 N–H and O–H groups in total. The summed E-state index contributed by atoms with van der Waals surface area (Å²) >= 11 is 0. The Morgan fingerprint density at radius 1 is 1.32 bits per heavy atom. The first-order valence-corrected chi connectivity index (χ1v) is 7.09. The molecule has 0 heterocycles. The molecule has 1 saturated carbocycles. The van der Waals surface area contributed by atoms with Gasteiger partial charge in [0.1, 0.15) is 6.54 Å². The van der Waals surface area contributed by atoms with Crippen LogP contribution in [0, 0.1) is 11.3 Å². The van der Waals surface area contributed by atoms with E-state index in [4.69, 9.17) is 5.73 Å². The third-order valence-corrected chi connectivity index (χ3v) is 4.17. The molecule has 1 aliphatic rings. The highest BCUT2D eigenvalue weighted by Crippen LogP contribution is 2.46. The van der Waals surface area contributed by atoms with Crippen molar-refractivity contribution < 1.29 is 14.3 Å². The molecule has 1 fully saturated rings. The van der Waals surface area contributed by atoms with Crippen LogP contribution in [0.1, 0.15) is 39.5 Å². The summed E-state index contributed by atoms with van der Waals surface area (Å²) in [5, 5.41) is 0. The van der Waals surface area contributed by atoms with Crippen molar-refractivity contribution in [1.29, 1.82) is 0 Å². The second-order valence-corrected chi connectivity index (χ2v) is 5.43. The van der Waals surface area contributed by atoms with Crippen molar-refractivity contribution in [3.05, 3.63) is 0 Å². The Hall–Kier alpha value is -1.10. The Balaban J connectivity index is 2.73. The number of rotatable bonds is 8. The summed E-state index contributed by atoms with van der Waals surface area (Å²) in [4.78, 5) is 25.6. The zero-order valence-corrected chi connectivity index (χ0v) is 12.3. The Morgan fingerprint density at radius 2 is 1.89 bits per heavy atom. The predicted molar refractivity (Wildman–Crippen MR) is 73.4 cm³/mol. The first kappa shape index (κ1) is 16.0. The molecule has 5 heteroatoms. The Labute approximate surface area is 115 Å². The second-order valence-electron chi connectivity index (χ2n) is 5.43. The molecule has 0 aromatic heterocycles. The number of nitrogens with two attached hydrogens (primary N) is 1. The lowest BCUT2D eigenvalue weighted by atomic mass is 10.0. The molecule has 0 atom stereocenters. The molecule has 1 aliphatic carbocycles. The molecule has 0 aromatic carbocycles. The van der Waals surface area contributed by atoms with E-state index in [1.807, 2.05) is 0 Å². The number of carbonyl (C=O) groups is 2. The second kappa shape index (κ2) is 6.89. The summed E-state index contributed by atoms with van der Waals surface area (Å²) in [5.41, 5.74) is 5.30. The van der Waals surface area contributed by atoms with Crippen LogP contribution in [0.15, 0.2) is 0 Å². The van der Waals surface area contributed by atoms with Crippen LogP contribution in [-0.2, 0) is 14.3 Å². The van der Waals surface area contributed by atoms with Gasteiger partial charge in [-0.3, -0.25) is 9.59 Å². The average Bonchev–Trinajstić information content (AvgIpc) is 3.23. The van der Waals surface area contributed by atoms with E-state index in [0.29, 0.717) is 19.0 Å². The number of amides is 1. The molecule has 0 saturated heterocycles. The van der Waals surface area contributed by atoms with Crippen molar-refractivity contribution in [2.45, 2.75) is 39.5 Å². The van der Waals surface area contributed by atoms with Crippen LogP contribution in [0.2, 0.25) is 0 Å². The SMILES string of the molecule is CCC(CC)CN(CC(=O)OC)C(=O)C1(CN)CC1. The number of nitrogens with zero attached hydrogens (tertiary/aromatic N) is 1. The van der Waals surface area contributed by atoms with Crippen molar-refractivity contribution in [2.24, 2.45) is 17.1 Å². The lowest BCUT2D eigenvalue weighted by Crippen LogP contribution is -2.45. The highest BCUT2D eigenvalue weighted by Gasteiger charge is 2.50. The minimum atomic E-state index is -0.403. The zero-order chi connectivity index (χ0) is 14.5. The van der Waals surface area contributed by atoms with Crippen LogP contribution in [0.4, 0.5) is 0 Å². The molecular formula is C14H26N2O3. The van der Waals surface area contributed by atoms with E-state index >= 15 is 0 Å². The quantitative estimate of drug-likeness (QED) is 0.672. The maximum atomic E-state index is 12.5. The fourth-order valence-electron chi connectivity index (χ4n) is 2.29. The van der Waals surface area contributed by atoms with Gasteiger partial charge in [0.2, 0.25) is 5.91 Å². The van der Waals surface area contributed by atoms with Crippen molar-refractivity contribution in [3.63, 3.8) is 0 Å². The minimum absolute atomic E-state index is 0.0206. The highest BCUT2D eigenvalue weighted by molar-refractivity contribution is 5.88. The molecule has 0 aromatic rings. The maximum Gasteiger partial charge on any atom is 0.325 e.